The van der Waals surface area contributed by atoms with Gasteiger partial charge in [0.2, 0.25) is 0 Å². The largest absolute Gasteiger partial charge is 0.317 e. The van der Waals surface area contributed by atoms with Gasteiger partial charge in [0.15, 0.2) is 0 Å². The first-order valence-electron chi connectivity index (χ1n) is 6.10. The minimum atomic E-state index is 0.593. The number of nitrogens with zero attached hydrogens (tertiary/aromatic N) is 2. The molecule has 90 valence electrons. The van der Waals surface area contributed by atoms with E-state index in [1.165, 1.54) is 24.2 Å². The summed E-state index contributed by atoms with van der Waals surface area (Å²) in [6.45, 7) is 4.34. The fraction of sp³-hybridized carbons (Fsp3) is 0.462. The summed E-state index contributed by atoms with van der Waals surface area (Å²) in [5.41, 5.74) is 3.46. The summed E-state index contributed by atoms with van der Waals surface area (Å²) in [6, 6.07) is 3.84. The molecule has 1 N–H and O–H groups in total. The number of imidazole rings is 1. The van der Waals surface area contributed by atoms with E-state index in [4.69, 9.17) is 16.6 Å². The molecule has 4 heteroatoms. The minimum Gasteiger partial charge on any atom is -0.317 e. The van der Waals surface area contributed by atoms with Gasteiger partial charge in [-0.1, -0.05) is 11.6 Å². The lowest BCUT2D eigenvalue weighted by atomic mass is 9.94. The zero-order chi connectivity index (χ0) is 11.8. The van der Waals surface area contributed by atoms with Crippen LogP contribution in [-0.4, -0.2) is 22.5 Å². The Labute approximate surface area is 106 Å². The average Bonchev–Trinajstić information content (AvgIpc) is 2.67. The molecule has 0 spiro atoms. The van der Waals surface area contributed by atoms with Crippen LogP contribution in [-0.2, 0) is 0 Å². The van der Waals surface area contributed by atoms with E-state index >= 15 is 0 Å². The molecular weight excluding hydrogens is 234 g/mol. The number of hydrogen-bond acceptors (Lipinski definition) is 2. The second-order valence-electron chi connectivity index (χ2n) is 4.68. The first kappa shape index (κ1) is 11.1. The SMILES string of the molecule is Cc1c(C2CCNCC2)nc2cc(Cl)ccn12. The van der Waals surface area contributed by atoms with Crippen LogP contribution in [0.2, 0.25) is 5.02 Å². The summed E-state index contributed by atoms with van der Waals surface area (Å²) in [5, 5.41) is 4.14. The van der Waals surface area contributed by atoms with E-state index < -0.39 is 0 Å². The van der Waals surface area contributed by atoms with Crippen LogP contribution in [0.15, 0.2) is 18.3 Å². The predicted molar refractivity (Wildman–Crippen MR) is 69.8 cm³/mol. The average molecular weight is 250 g/mol. The Balaban J connectivity index is 2.07. The molecule has 1 aliphatic heterocycles. The lowest BCUT2D eigenvalue weighted by Gasteiger charge is -2.21. The fourth-order valence-electron chi connectivity index (χ4n) is 2.64. The molecule has 1 aliphatic rings. The molecule has 1 fully saturated rings. The molecule has 3 rings (SSSR count). The van der Waals surface area contributed by atoms with Gasteiger partial charge in [0.25, 0.3) is 0 Å². The van der Waals surface area contributed by atoms with Gasteiger partial charge in [0, 0.05) is 28.9 Å². The summed E-state index contributed by atoms with van der Waals surface area (Å²) in [4.78, 5) is 4.75. The van der Waals surface area contributed by atoms with E-state index in [9.17, 15) is 0 Å². The van der Waals surface area contributed by atoms with Crippen molar-refractivity contribution in [3.05, 3.63) is 34.7 Å². The molecule has 17 heavy (non-hydrogen) atoms. The molecule has 2 aromatic rings. The van der Waals surface area contributed by atoms with Gasteiger partial charge in [-0.15, -0.1) is 0 Å². The molecule has 0 aliphatic carbocycles. The molecule has 0 unspecified atom stereocenters. The third-order valence-electron chi connectivity index (χ3n) is 3.59. The van der Waals surface area contributed by atoms with Crippen molar-refractivity contribution in [2.24, 2.45) is 0 Å². The topological polar surface area (TPSA) is 29.3 Å². The van der Waals surface area contributed by atoms with Crippen LogP contribution in [0.3, 0.4) is 0 Å². The van der Waals surface area contributed by atoms with Crippen LogP contribution in [0, 0.1) is 6.92 Å². The molecular formula is C13H16ClN3. The Kier molecular flexibility index (Phi) is 2.81. The molecule has 3 nitrogen and oxygen atoms in total. The first-order chi connectivity index (χ1) is 8.25. The number of halogens is 1. The molecule has 3 heterocycles. The third-order valence-corrected chi connectivity index (χ3v) is 3.82. The molecule has 0 radical (unpaired) electrons. The van der Waals surface area contributed by atoms with Crippen molar-refractivity contribution in [1.29, 1.82) is 0 Å². The molecule has 0 aromatic carbocycles. The van der Waals surface area contributed by atoms with Gasteiger partial charge in [-0.2, -0.15) is 0 Å². The number of piperidine rings is 1. The van der Waals surface area contributed by atoms with E-state index in [1.807, 2.05) is 18.3 Å². The van der Waals surface area contributed by atoms with Crippen LogP contribution < -0.4 is 5.32 Å². The summed E-state index contributed by atoms with van der Waals surface area (Å²) in [7, 11) is 0. The van der Waals surface area contributed by atoms with E-state index in [-0.39, 0.29) is 0 Å². The van der Waals surface area contributed by atoms with Gasteiger partial charge >= 0.3 is 0 Å². The number of aryl methyl sites for hydroxylation is 1. The van der Waals surface area contributed by atoms with E-state index in [0.717, 1.165) is 23.8 Å². The fourth-order valence-corrected chi connectivity index (χ4v) is 2.80. The Morgan fingerprint density at radius 2 is 2.18 bits per heavy atom. The van der Waals surface area contributed by atoms with Crippen molar-refractivity contribution in [2.45, 2.75) is 25.7 Å². The van der Waals surface area contributed by atoms with E-state index in [0.29, 0.717) is 5.92 Å². The smallest absolute Gasteiger partial charge is 0.138 e. The third kappa shape index (κ3) is 1.94. The van der Waals surface area contributed by atoms with Gasteiger partial charge < -0.3 is 9.72 Å². The standard InChI is InChI=1S/C13H16ClN3/c1-9-13(10-2-5-15-6-3-10)16-12-8-11(14)4-7-17(9)12/h4,7-8,10,15H,2-3,5-6H2,1H3. The van der Waals surface area contributed by atoms with Gasteiger partial charge in [-0.05, 0) is 38.9 Å². The lowest BCUT2D eigenvalue weighted by molar-refractivity contribution is 0.453. The summed E-state index contributed by atoms with van der Waals surface area (Å²) in [6.07, 6.45) is 4.36. The molecule has 0 atom stereocenters. The number of fused-ring (bicyclic) bond motifs is 1. The van der Waals surface area contributed by atoms with Gasteiger partial charge in [0.1, 0.15) is 5.65 Å². The highest BCUT2D eigenvalue weighted by molar-refractivity contribution is 6.30. The Morgan fingerprint density at radius 1 is 1.41 bits per heavy atom. The molecule has 0 bridgehead atoms. The van der Waals surface area contributed by atoms with Crippen LogP contribution in [0.5, 0.6) is 0 Å². The van der Waals surface area contributed by atoms with Crippen molar-refractivity contribution in [3.63, 3.8) is 0 Å². The maximum Gasteiger partial charge on any atom is 0.138 e. The highest BCUT2D eigenvalue weighted by atomic mass is 35.5. The van der Waals surface area contributed by atoms with Crippen LogP contribution >= 0.6 is 11.6 Å². The maximum atomic E-state index is 6.00. The number of nitrogens with one attached hydrogen (secondary N) is 1. The monoisotopic (exact) mass is 249 g/mol. The van der Waals surface area contributed by atoms with Crippen molar-refractivity contribution in [2.75, 3.05) is 13.1 Å². The quantitative estimate of drug-likeness (QED) is 0.842. The van der Waals surface area contributed by atoms with Gasteiger partial charge in [-0.3, -0.25) is 0 Å². The van der Waals surface area contributed by atoms with Gasteiger partial charge in [-0.25, -0.2) is 4.98 Å². The van der Waals surface area contributed by atoms with Crippen LogP contribution in [0.25, 0.3) is 5.65 Å². The molecule has 0 saturated carbocycles. The first-order valence-corrected chi connectivity index (χ1v) is 6.48. The van der Waals surface area contributed by atoms with Crippen molar-refractivity contribution in [3.8, 4) is 0 Å². The number of pyridine rings is 1. The summed E-state index contributed by atoms with van der Waals surface area (Å²) >= 11 is 6.00. The van der Waals surface area contributed by atoms with E-state index in [2.05, 4.69) is 16.6 Å². The number of rotatable bonds is 1. The second-order valence-corrected chi connectivity index (χ2v) is 5.12. The lowest BCUT2D eigenvalue weighted by Crippen LogP contribution is -2.27. The summed E-state index contributed by atoms with van der Waals surface area (Å²) < 4.78 is 2.13. The van der Waals surface area contributed by atoms with Crippen LogP contribution in [0.4, 0.5) is 0 Å². The highest BCUT2D eigenvalue weighted by Crippen LogP contribution is 2.28. The zero-order valence-corrected chi connectivity index (χ0v) is 10.7. The second kappa shape index (κ2) is 4.31. The Hall–Kier alpha value is -1.06. The predicted octanol–water partition coefficient (Wildman–Crippen LogP) is 2.76. The highest BCUT2D eigenvalue weighted by Gasteiger charge is 2.20. The molecule has 2 aromatic heterocycles. The Morgan fingerprint density at radius 3 is 2.94 bits per heavy atom. The molecule has 1 saturated heterocycles. The van der Waals surface area contributed by atoms with Crippen molar-refractivity contribution in [1.82, 2.24) is 14.7 Å². The molecule has 0 amide bonds. The minimum absolute atomic E-state index is 0.593. The maximum absolute atomic E-state index is 6.00. The zero-order valence-electron chi connectivity index (χ0n) is 9.91. The number of aromatic nitrogens is 2. The van der Waals surface area contributed by atoms with Crippen molar-refractivity contribution < 1.29 is 0 Å². The Bertz CT molecular complexity index is 541. The number of hydrogen-bond donors (Lipinski definition) is 1. The summed E-state index contributed by atoms with van der Waals surface area (Å²) in [5.74, 6) is 0.593. The van der Waals surface area contributed by atoms with Crippen molar-refractivity contribution >= 4 is 17.2 Å². The van der Waals surface area contributed by atoms with Gasteiger partial charge in [0.05, 0.1) is 5.69 Å². The normalized spacial score (nSPS) is 17.8. The van der Waals surface area contributed by atoms with Crippen LogP contribution in [0.1, 0.15) is 30.1 Å². The van der Waals surface area contributed by atoms with E-state index in [1.54, 1.807) is 0 Å².